The summed E-state index contributed by atoms with van der Waals surface area (Å²) >= 11 is 0. The highest BCUT2D eigenvalue weighted by Crippen LogP contribution is 2.37. The standard InChI is InChI=1S/C21H21F3N4O2/c1-2-14(25)12-27-19-9-10-26-20(28-19)16-11-13(7-8-17(16)29)15-5-3-4-6-18(15)30-21(22,23)24/h3-11,14,29H,2,12,25H2,1H3,(H,26,27,28)/t14-/m0/s1. The van der Waals surface area contributed by atoms with E-state index < -0.39 is 6.36 Å². The van der Waals surface area contributed by atoms with Crippen LogP contribution in [0.15, 0.2) is 54.7 Å². The molecule has 9 heteroatoms. The predicted molar refractivity (Wildman–Crippen MR) is 108 cm³/mol. The maximum absolute atomic E-state index is 12.7. The molecule has 1 aromatic heterocycles. The van der Waals surface area contributed by atoms with Crippen LogP contribution in [0.1, 0.15) is 13.3 Å². The highest BCUT2D eigenvalue weighted by atomic mass is 19.4. The molecule has 0 aliphatic heterocycles. The number of phenols is 1. The summed E-state index contributed by atoms with van der Waals surface area (Å²) in [5, 5.41) is 13.4. The number of benzene rings is 2. The van der Waals surface area contributed by atoms with Crippen LogP contribution in [0.2, 0.25) is 0 Å². The lowest BCUT2D eigenvalue weighted by atomic mass is 10.0. The normalized spacial score (nSPS) is 12.4. The number of alkyl halides is 3. The van der Waals surface area contributed by atoms with Crippen LogP contribution < -0.4 is 15.8 Å². The highest BCUT2D eigenvalue weighted by molar-refractivity contribution is 5.77. The van der Waals surface area contributed by atoms with Gasteiger partial charge in [-0.3, -0.25) is 0 Å². The summed E-state index contributed by atoms with van der Waals surface area (Å²) in [6, 6.07) is 11.8. The Labute approximate surface area is 171 Å². The number of aromatic hydroxyl groups is 1. The number of para-hydroxylation sites is 1. The van der Waals surface area contributed by atoms with Gasteiger partial charge in [0.05, 0.1) is 5.56 Å². The summed E-state index contributed by atoms with van der Waals surface area (Å²) in [4.78, 5) is 8.56. The Hall–Kier alpha value is -3.33. The van der Waals surface area contributed by atoms with E-state index in [9.17, 15) is 18.3 Å². The van der Waals surface area contributed by atoms with Gasteiger partial charge in [-0.1, -0.05) is 31.2 Å². The van der Waals surface area contributed by atoms with Crippen molar-refractivity contribution in [1.29, 1.82) is 0 Å². The van der Waals surface area contributed by atoms with Crippen LogP contribution in [0.3, 0.4) is 0 Å². The minimum atomic E-state index is -4.82. The summed E-state index contributed by atoms with van der Waals surface area (Å²) in [6.07, 6.45) is -2.50. The van der Waals surface area contributed by atoms with Crippen LogP contribution in [0.5, 0.6) is 11.5 Å². The molecule has 0 radical (unpaired) electrons. The number of hydrogen-bond donors (Lipinski definition) is 3. The highest BCUT2D eigenvalue weighted by Gasteiger charge is 2.32. The quantitative estimate of drug-likeness (QED) is 0.521. The molecule has 0 saturated carbocycles. The van der Waals surface area contributed by atoms with Crippen LogP contribution in [0, 0.1) is 0 Å². The van der Waals surface area contributed by atoms with Crippen molar-refractivity contribution in [3.05, 3.63) is 54.7 Å². The molecule has 0 amide bonds. The lowest BCUT2D eigenvalue weighted by Gasteiger charge is -2.14. The van der Waals surface area contributed by atoms with E-state index in [1.54, 1.807) is 12.1 Å². The lowest BCUT2D eigenvalue weighted by Crippen LogP contribution is -2.28. The van der Waals surface area contributed by atoms with E-state index in [1.807, 2.05) is 6.92 Å². The van der Waals surface area contributed by atoms with Crippen molar-refractivity contribution in [1.82, 2.24) is 9.97 Å². The van der Waals surface area contributed by atoms with E-state index in [2.05, 4.69) is 20.0 Å². The predicted octanol–water partition coefficient (Wildman–Crippen LogP) is 4.56. The zero-order valence-electron chi connectivity index (χ0n) is 16.1. The van der Waals surface area contributed by atoms with E-state index in [0.717, 1.165) is 6.42 Å². The number of anilines is 1. The molecule has 30 heavy (non-hydrogen) atoms. The van der Waals surface area contributed by atoms with Crippen molar-refractivity contribution in [3.8, 4) is 34.0 Å². The van der Waals surface area contributed by atoms with Gasteiger partial charge in [0.15, 0.2) is 5.82 Å². The van der Waals surface area contributed by atoms with Gasteiger partial charge >= 0.3 is 6.36 Å². The molecule has 158 valence electrons. The molecule has 0 saturated heterocycles. The fraction of sp³-hybridized carbons (Fsp3) is 0.238. The molecule has 0 aliphatic rings. The van der Waals surface area contributed by atoms with Gasteiger partial charge in [-0.25, -0.2) is 9.97 Å². The first-order valence-corrected chi connectivity index (χ1v) is 9.28. The molecule has 0 bridgehead atoms. The Morgan fingerprint density at radius 2 is 1.90 bits per heavy atom. The number of nitrogens with two attached hydrogens (primary N) is 1. The Bertz CT molecular complexity index is 1010. The van der Waals surface area contributed by atoms with Crippen LogP contribution in [0.25, 0.3) is 22.5 Å². The summed E-state index contributed by atoms with van der Waals surface area (Å²) < 4.78 is 42.4. The number of aromatic nitrogens is 2. The molecule has 0 aliphatic carbocycles. The first-order valence-electron chi connectivity index (χ1n) is 9.28. The first-order chi connectivity index (χ1) is 14.3. The first kappa shape index (κ1) is 21.4. The average Bonchev–Trinajstić information content (AvgIpc) is 2.72. The van der Waals surface area contributed by atoms with Crippen LogP contribution in [-0.2, 0) is 0 Å². The fourth-order valence-corrected chi connectivity index (χ4v) is 2.77. The molecule has 1 atom stereocenters. The number of ether oxygens (including phenoxy) is 1. The number of hydrogen-bond acceptors (Lipinski definition) is 6. The molecule has 6 nitrogen and oxygen atoms in total. The topological polar surface area (TPSA) is 93.3 Å². The number of nitrogens with one attached hydrogen (secondary N) is 1. The second kappa shape index (κ2) is 9.00. The van der Waals surface area contributed by atoms with Gasteiger partial charge in [0.1, 0.15) is 17.3 Å². The third-order valence-corrected chi connectivity index (χ3v) is 4.39. The van der Waals surface area contributed by atoms with Crippen molar-refractivity contribution in [2.24, 2.45) is 5.73 Å². The van der Waals surface area contributed by atoms with Gasteiger partial charge in [-0.05, 0) is 36.2 Å². The van der Waals surface area contributed by atoms with Crippen LogP contribution >= 0.6 is 0 Å². The minimum absolute atomic E-state index is 0.0368. The van der Waals surface area contributed by atoms with Crippen LogP contribution in [-0.4, -0.2) is 34.0 Å². The molecular weight excluding hydrogens is 397 g/mol. The zero-order chi connectivity index (χ0) is 21.7. The van der Waals surface area contributed by atoms with E-state index in [0.29, 0.717) is 17.9 Å². The minimum Gasteiger partial charge on any atom is -0.507 e. The summed E-state index contributed by atoms with van der Waals surface area (Å²) in [6.45, 7) is 2.49. The molecule has 0 unspecified atom stereocenters. The SMILES string of the molecule is CC[C@H](N)CNc1ccnc(-c2cc(-c3ccccc3OC(F)(F)F)ccc2O)n1. The summed E-state index contributed by atoms with van der Waals surface area (Å²) in [5.74, 6) is 0.301. The molecule has 4 N–H and O–H groups in total. The van der Waals surface area contributed by atoms with Gasteiger partial charge in [-0.15, -0.1) is 13.2 Å². The molecule has 3 rings (SSSR count). The van der Waals surface area contributed by atoms with Crippen molar-refractivity contribution < 1.29 is 23.0 Å². The second-order valence-corrected chi connectivity index (χ2v) is 6.59. The summed E-state index contributed by atoms with van der Waals surface area (Å²) in [7, 11) is 0. The molecule has 1 heterocycles. The van der Waals surface area contributed by atoms with Gasteiger partial charge in [0.2, 0.25) is 0 Å². The van der Waals surface area contributed by atoms with E-state index in [4.69, 9.17) is 5.73 Å². The Morgan fingerprint density at radius 3 is 2.63 bits per heavy atom. The number of halogens is 3. The van der Waals surface area contributed by atoms with Gasteiger partial charge in [0.25, 0.3) is 0 Å². The number of nitrogens with zero attached hydrogens (tertiary/aromatic N) is 2. The van der Waals surface area contributed by atoms with E-state index >= 15 is 0 Å². The Kier molecular flexibility index (Phi) is 6.41. The lowest BCUT2D eigenvalue weighted by molar-refractivity contribution is -0.274. The number of rotatable bonds is 7. The molecule has 3 aromatic rings. The smallest absolute Gasteiger partial charge is 0.507 e. The second-order valence-electron chi connectivity index (χ2n) is 6.59. The monoisotopic (exact) mass is 418 g/mol. The van der Waals surface area contributed by atoms with Gasteiger partial charge < -0.3 is 20.9 Å². The largest absolute Gasteiger partial charge is 0.573 e. The Balaban J connectivity index is 1.96. The van der Waals surface area contributed by atoms with Gasteiger partial charge in [-0.2, -0.15) is 0 Å². The van der Waals surface area contributed by atoms with Crippen LogP contribution in [0.4, 0.5) is 19.0 Å². The maximum atomic E-state index is 12.7. The Morgan fingerprint density at radius 1 is 1.13 bits per heavy atom. The molecule has 2 aromatic carbocycles. The number of phenolic OH excluding ortho intramolecular Hbond substituents is 1. The maximum Gasteiger partial charge on any atom is 0.573 e. The molecule has 0 spiro atoms. The van der Waals surface area contributed by atoms with Crippen molar-refractivity contribution in [3.63, 3.8) is 0 Å². The fourth-order valence-electron chi connectivity index (χ4n) is 2.77. The van der Waals surface area contributed by atoms with Crippen molar-refractivity contribution >= 4 is 5.82 Å². The molecule has 0 fully saturated rings. The summed E-state index contributed by atoms with van der Waals surface area (Å²) in [5.41, 5.74) is 6.81. The third kappa shape index (κ3) is 5.38. The van der Waals surface area contributed by atoms with E-state index in [-0.39, 0.29) is 34.5 Å². The zero-order valence-corrected chi connectivity index (χ0v) is 16.1. The van der Waals surface area contributed by atoms with Gasteiger partial charge in [0, 0.05) is 24.3 Å². The molecular formula is C21H21F3N4O2. The van der Waals surface area contributed by atoms with Crippen molar-refractivity contribution in [2.75, 3.05) is 11.9 Å². The van der Waals surface area contributed by atoms with E-state index in [1.165, 1.54) is 42.6 Å². The third-order valence-electron chi connectivity index (χ3n) is 4.39. The average molecular weight is 418 g/mol. The van der Waals surface area contributed by atoms with Crippen molar-refractivity contribution in [2.45, 2.75) is 25.7 Å².